The molecule has 1 aromatic rings. The first-order valence-corrected chi connectivity index (χ1v) is 8.13. The van der Waals surface area contributed by atoms with Crippen LogP contribution in [0.3, 0.4) is 0 Å². The molecule has 0 amide bonds. The van der Waals surface area contributed by atoms with Crippen LogP contribution >= 0.6 is 0 Å². The van der Waals surface area contributed by atoms with Crippen molar-refractivity contribution < 1.29 is 8.42 Å². The lowest BCUT2D eigenvalue weighted by atomic mass is 9.95. The van der Waals surface area contributed by atoms with Gasteiger partial charge in [0.2, 0.25) is 10.0 Å². The van der Waals surface area contributed by atoms with Crippen molar-refractivity contribution >= 4 is 21.4 Å². The maximum atomic E-state index is 11.4. The van der Waals surface area contributed by atoms with Crippen LogP contribution in [0.2, 0.25) is 0 Å². The van der Waals surface area contributed by atoms with Crippen molar-refractivity contribution in [2.45, 2.75) is 31.1 Å². The van der Waals surface area contributed by atoms with E-state index in [9.17, 15) is 8.42 Å². The lowest BCUT2D eigenvalue weighted by Gasteiger charge is -2.34. The van der Waals surface area contributed by atoms with Gasteiger partial charge in [-0.3, -0.25) is 0 Å². The molecule has 0 radical (unpaired) electrons. The summed E-state index contributed by atoms with van der Waals surface area (Å²) < 4.78 is 22.8. The number of piperidine rings is 1. The lowest BCUT2D eigenvalue weighted by Crippen LogP contribution is -2.35. The Morgan fingerprint density at radius 2 is 2.16 bits per heavy atom. The third-order valence-electron chi connectivity index (χ3n) is 3.77. The molecule has 19 heavy (non-hydrogen) atoms. The molecule has 4 N–H and O–H groups in total. The zero-order valence-electron chi connectivity index (χ0n) is 11.2. The molecule has 1 heterocycles. The number of nitrogens with two attached hydrogens (primary N) is 2. The molecule has 0 aliphatic carbocycles. The second kappa shape index (κ2) is 5.38. The van der Waals surface area contributed by atoms with Crippen molar-refractivity contribution in [3.8, 4) is 0 Å². The first kappa shape index (κ1) is 14.1. The van der Waals surface area contributed by atoms with Crippen LogP contribution in [0, 0.1) is 5.92 Å². The Balaban J connectivity index is 2.33. The van der Waals surface area contributed by atoms with Gasteiger partial charge in [-0.2, -0.15) is 0 Å². The maximum absolute atomic E-state index is 11.4. The van der Waals surface area contributed by atoms with Gasteiger partial charge in [0.1, 0.15) is 0 Å². The molecular formula is C13H21N3O2S. The topological polar surface area (TPSA) is 89.4 Å². The number of anilines is 2. The van der Waals surface area contributed by atoms with Crippen molar-refractivity contribution in [2.24, 2.45) is 11.1 Å². The summed E-state index contributed by atoms with van der Waals surface area (Å²) in [6, 6.07) is 4.66. The lowest BCUT2D eigenvalue weighted by molar-refractivity contribution is 0.405. The fourth-order valence-corrected chi connectivity index (χ4v) is 3.13. The molecule has 0 aromatic heterocycles. The molecule has 1 unspecified atom stereocenters. The Hall–Kier alpha value is -1.27. The van der Waals surface area contributed by atoms with Gasteiger partial charge < -0.3 is 10.6 Å². The smallest absolute Gasteiger partial charge is 0.238 e. The Morgan fingerprint density at radius 3 is 2.79 bits per heavy atom. The maximum Gasteiger partial charge on any atom is 0.238 e. The van der Waals surface area contributed by atoms with E-state index in [1.165, 1.54) is 12.5 Å². The zero-order chi connectivity index (χ0) is 14.0. The second-order valence-electron chi connectivity index (χ2n) is 5.13. The summed E-state index contributed by atoms with van der Waals surface area (Å²) in [6.07, 6.45) is 3.46. The molecule has 1 saturated heterocycles. The van der Waals surface area contributed by atoms with Crippen molar-refractivity contribution in [1.82, 2.24) is 0 Å². The minimum atomic E-state index is -3.68. The molecule has 0 bridgehead atoms. The molecule has 6 heteroatoms. The van der Waals surface area contributed by atoms with Gasteiger partial charge in [-0.05, 0) is 37.0 Å². The van der Waals surface area contributed by atoms with Crippen LogP contribution in [0.25, 0.3) is 0 Å². The van der Waals surface area contributed by atoms with Crippen LogP contribution in [0.15, 0.2) is 23.1 Å². The molecule has 1 aromatic carbocycles. The summed E-state index contributed by atoms with van der Waals surface area (Å²) in [7, 11) is -3.68. The third-order valence-corrected chi connectivity index (χ3v) is 4.68. The van der Waals surface area contributed by atoms with Crippen LogP contribution in [0.1, 0.15) is 26.2 Å². The van der Waals surface area contributed by atoms with Crippen LogP contribution in [-0.4, -0.2) is 21.5 Å². The predicted octanol–water partition coefficient (Wildman–Crippen LogP) is 1.54. The van der Waals surface area contributed by atoms with Crippen molar-refractivity contribution in [3.05, 3.63) is 18.2 Å². The standard InChI is InChI=1S/C13H21N3O2S/c1-2-10-4-3-7-16(9-10)13-8-11(19(15,17)18)5-6-12(13)14/h5-6,8,10H,2-4,7,9,14H2,1H3,(H2,15,17,18). The first-order chi connectivity index (χ1) is 8.91. The minimum Gasteiger partial charge on any atom is -0.397 e. The SMILES string of the molecule is CCC1CCCN(c2cc(S(N)(=O)=O)ccc2N)C1. The van der Waals surface area contributed by atoms with Gasteiger partial charge in [-0.25, -0.2) is 13.6 Å². The number of hydrogen-bond donors (Lipinski definition) is 2. The second-order valence-corrected chi connectivity index (χ2v) is 6.69. The van der Waals surface area contributed by atoms with Gasteiger partial charge >= 0.3 is 0 Å². The van der Waals surface area contributed by atoms with E-state index < -0.39 is 10.0 Å². The highest BCUT2D eigenvalue weighted by atomic mass is 32.2. The summed E-state index contributed by atoms with van der Waals surface area (Å²) in [5.41, 5.74) is 7.36. The molecule has 1 fully saturated rings. The summed E-state index contributed by atoms with van der Waals surface area (Å²) in [5, 5.41) is 5.17. The normalized spacial score (nSPS) is 20.5. The van der Waals surface area contributed by atoms with Crippen molar-refractivity contribution in [1.29, 1.82) is 0 Å². The Morgan fingerprint density at radius 1 is 1.42 bits per heavy atom. The Kier molecular flexibility index (Phi) is 4.01. The van der Waals surface area contributed by atoms with Crippen molar-refractivity contribution in [2.75, 3.05) is 23.7 Å². The number of benzene rings is 1. The van der Waals surface area contributed by atoms with E-state index in [1.54, 1.807) is 12.1 Å². The molecule has 1 atom stereocenters. The molecule has 1 aliphatic heterocycles. The molecule has 1 aliphatic rings. The van der Waals surface area contributed by atoms with Gasteiger partial charge in [0.15, 0.2) is 0 Å². The molecule has 2 rings (SSSR count). The number of sulfonamides is 1. The molecule has 0 spiro atoms. The quantitative estimate of drug-likeness (QED) is 0.823. The number of nitrogen functional groups attached to an aromatic ring is 1. The zero-order valence-corrected chi connectivity index (χ0v) is 12.0. The fourth-order valence-electron chi connectivity index (χ4n) is 2.59. The molecule has 0 saturated carbocycles. The highest BCUT2D eigenvalue weighted by Gasteiger charge is 2.21. The summed E-state index contributed by atoms with van der Waals surface area (Å²) >= 11 is 0. The van der Waals surface area contributed by atoms with E-state index in [0.717, 1.165) is 31.6 Å². The number of primary sulfonamides is 1. The monoisotopic (exact) mass is 283 g/mol. The number of nitrogens with zero attached hydrogens (tertiary/aromatic N) is 1. The van der Waals surface area contributed by atoms with Gasteiger partial charge in [0, 0.05) is 13.1 Å². The van der Waals surface area contributed by atoms with E-state index in [1.807, 2.05) is 0 Å². The van der Waals surface area contributed by atoms with Crippen LogP contribution in [0.4, 0.5) is 11.4 Å². The van der Waals surface area contributed by atoms with Gasteiger partial charge in [-0.1, -0.05) is 13.3 Å². The molecular weight excluding hydrogens is 262 g/mol. The average molecular weight is 283 g/mol. The third kappa shape index (κ3) is 3.19. The van der Waals surface area contributed by atoms with Crippen LogP contribution in [-0.2, 0) is 10.0 Å². The highest BCUT2D eigenvalue weighted by Crippen LogP contribution is 2.30. The summed E-state index contributed by atoms with van der Waals surface area (Å²) in [4.78, 5) is 2.29. The average Bonchev–Trinajstić information content (AvgIpc) is 2.38. The molecule has 5 nitrogen and oxygen atoms in total. The first-order valence-electron chi connectivity index (χ1n) is 6.59. The Bertz CT molecular complexity index is 557. The summed E-state index contributed by atoms with van der Waals surface area (Å²) in [6.45, 7) is 4.02. The summed E-state index contributed by atoms with van der Waals surface area (Å²) in [5.74, 6) is 0.645. The van der Waals surface area contributed by atoms with E-state index in [2.05, 4.69) is 11.8 Å². The van der Waals surface area contributed by atoms with E-state index in [0.29, 0.717) is 11.6 Å². The minimum absolute atomic E-state index is 0.121. The number of hydrogen-bond acceptors (Lipinski definition) is 4. The molecule has 106 valence electrons. The van der Waals surface area contributed by atoms with Gasteiger partial charge in [0.25, 0.3) is 0 Å². The van der Waals surface area contributed by atoms with Crippen LogP contribution < -0.4 is 15.8 Å². The van der Waals surface area contributed by atoms with Gasteiger partial charge in [0.05, 0.1) is 16.3 Å². The van der Waals surface area contributed by atoms with Crippen LogP contribution in [0.5, 0.6) is 0 Å². The predicted molar refractivity (Wildman–Crippen MR) is 77.5 cm³/mol. The largest absolute Gasteiger partial charge is 0.397 e. The Labute approximate surface area is 114 Å². The van der Waals surface area contributed by atoms with Gasteiger partial charge in [-0.15, -0.1) is 0 Å². The van der Waals surface area contributed by atoms with E-state index >= 15 is 0 Å². The van der Waals surface area contributed by atoms with E-state index in [4.69, 9.17) is 10.9 Å². The van der Waals surface area contributed by atoms with E-state index in [-0.39, 0.29) is 4.90 Å². The van der Waals surface area contributed by atoms with Crippen molar-refractivity contribution in [3.63, 3.8) is 0 Å². The fraction of sp³-hybridized carbons (Fsp3) is 0.538. The number of rotatable bonds is 3. The highest BCUT2D eigenvalue weighted by molar-refractivity contribution is 7.89.